The normalized spacial score (nSPS) is 15.2. The minimum Gasteiger partial charge on any atom is -0.307 e. The molecule has 0 radical (unpaired) electrons. The Kier molecular flexibility index (Phi) is 4.86. The summed E-state index contributed by atoms with van der Waals surface area (Å²) in [5, 5.41) is 3.64. The lowest BCUT2D eigenvalue weighted by Crippen LogP contribution is -2.58. The monoisotopic (exact) mass is 329 g/mol. The molecule has 0 amide bonds. The van der Waals surface area contributed by atoms with Crippen molar-refractivity contribution >= 4 is 0 Å². The topological polar surface area (TPSA) is 28.2 Å². The van der Waals surface area contributed by atoms with Gasteiger partial charge in [0.15, 0.2) is 0 Å². The number of hydrogen-bond acceptors (Lipinski definition) is 3. The molecule has 3 heteroatoms. The Morgan fingerprint density at radius 3 is 2.08 bits per heavy atom. The molecule has 1 aromatic heterocycles. The number of hydrogen-bond donors (Lipinski definition) is 1. The highest BCUT2D eigenvalue weighted by atomic mass is 15.3. The summed E-state index contributed by atoms with van der Waals surface area (Å²) in [4.78, 5) is 6.73. The SMILES string of the molecule is c1ccc(C(c2ccccc2)N2CC(NCc3cccnc3)C2)cc1. The molecule has 1 N–H and O–H groups in total. The highest BCUT2D eigenvalue weighted by molar-refractivity contribution is 5.32. The first-order valence-electron chi connectivity index (χ1n) is 8.86. The van der Waals surface area contributed by atoms with E-state index < -0.39 is 0 Å². The lowest BCUT2D eigenvalue weighted by molar-refractivity contribution is 0.0922. The van der Waals surface area contributed by atoms with Crippen molar-refractivity contribution in [1.29, 1.82) is 0 Å². The smallest absolute Gasteiger partial charge is 0.0602 e. The van der Waals surface area contributed by atoms with Crippen LogP contribution in [0.4, 0.5) is 0 Å². The number of likely N-dealkylation sites (tertiary alicyclic amines) is 1. The van der Waals surface area contributed by atoms with E-state index in [1.807, 2.05) is 18.5 Å². The largest absolute Gasteiger partial charge is 0.307 e. The molecule has 1 saturated heterocycles. The third kappa shape index (κ3) is 3.78. The fourth-order valence-corrected chi connectivity index (χ4v) is 3.50. The Bertz CT molecular complexity index is 729. The van der Waals surface area contributed by atoms with Gasteiger partial charge in [-0.1, -0.05) is 66.7 Å². The van der Waals surface area contributed by atoms with Crippen LogP contribution in [-0.2, 0) is 6.54 Å². The van der Waals surface area contributed by atoms with Crippen molar-refractivity contribution in [3.8, 4) is 0 Å². The van der Waals surface area contributed by atoms with Crippen LogP contribution in [0, 0.1) is 0 Å². The van der Waals surface area contributed by atoms with E-state index in [0.717, 1.165) is 19.6 Å². The summed E-state index contributed by atoms with van der Waals surface area (Å²) in [5.41, 5.74) is 3.96. The average Bonchev–Trinajstić information content (AvgIpc) is 2.66. The van der Waals surface area contributed by atoms with Gasteiger partial charge in [0.05, 0.1) is 6.04 Å². The summed E-state index contributed by atoms with van der Waals surface area (Å²) in [5.74, 6) is 0. The van der Waals surface area contributed by atoms with E-state index in [2.05, 4.69) is 81.9 Å². The van der Waals surface area contributed by atoms with Gasteiger partial charge in [0.1, 0.15) is 0 Å². The second kappa shape index (κ2) is 7.60. The van der Waals surface area contributed by atoms with E-state index in [9.17, 15) is 0 Å². The van der Waals surface area contributed by atoms with Crippen LogP contribution in [0.25, 0.3) is 0 Å². The van der Waals surface area contributed by atoms with Gasteiger partial charge in [-0.05, 0) is 22.8 Å². The van der Waals surface area contributed by atoms with Crippen LogP contribution in [0.15, 0.2) is 85.2 Å². The van der Waals surface area contributed by atoms with Crippen LogP contribution in [0.3, 0.4) is 0 Å². The van der Waals surface area contributed by atoms with Crippen molar-refractivity contribution in [2.24, 2.45) is 0 Å². The standard InChI is InChI=1S/C22H23N3/c1-3-9-19(10-4-1)22(20-11-5-2-6-12-20)25-16-21(17-25)24-15-18-8-7-13-23-14-18/h1-14,21-22,24H,15-17H2. The number of pyridine rings is 1. The first-order chi connectivity index (χ1) is 12.4. The Balaban J connectivity index is 1.42. The molecule has 0 aliphatic carbocycles. The second-order valence-electron chi connectivity index (χ2n) is 6.62. The van der Waals surface area contributed by atoms with Crippen molar-refractivity contribution in [3.05, 3.63) is 102 Å². The van der Waals surface area contributed by atoms with Crippen molar-refractivity contribution in [1.82, 2.24) is 15.2 Å². The van der Waals surface area contributed by atoms with Crippen LogP contribution in [0.5, 0.6) is 0 Å². The fourth-order valence-electron chi connectivity index (χ4n) is 3.50. The van der Waals surface area contributed by atoms with Gasteiger partial charge >= 0.3 is 0 Å². The summed E-state index contributed by atoms with van der Waals surface area (Å²) >= 11 is 0. The minimum atomic E-state index is 0.332. The number of benzene rings is 2. The molecule has 0 saturated carbocycles. The molecule has 0 bridgehead atoms. The van der Waals surface area contributed by atoms with Crippen molar-refractivity contribution in [3.63, 3.8) is 0 Å². The molecule has 2 heterocycles. The number of nitrogens with one attached hydrogen (secondary N) is 1. The van der Waals surface area contributed by atoms with Gasteiger partial charge in [-0.15, -0.1) is 0 Å². The van der Waals surface area contributed by atoms with E-state index >= 15 is 0 Å². The highest BCUT2D eigenvalue weighted by Crippen LogP contribution is 2.32. The van der Waals surface area contributed by atoms with Crippen LogP contribution < -0.4 is 5.32 Å². The molecule has 0 spiro atoms. The molecule has 1 aliphatic rings. The molecule has 1 aliphatic heterocycles. The van der Waals surface area contributed by atoms with Gasteiger partial charge in [-0.2, -0.15) is 0 Å². The zero-order valence-corrected chi connectivity index (χ0v) is 14.3. The average molecular weight is 329 g/mol. The minimum absolute atomic E-state index is 0.332. The second-order valence-corrected chi connectivity index (χ2v) is 6.62. The summed E-state index contributed by atoms with van der Waals surface area (Å²) in [7, 11) is 0. The van der Waals surface area contributed by atoms with Crippen molar-refractivity contribution in [2.45, 2.75) is 18.6 Å². The predicted molar refractivity (Wildman–Crippen MR) is 101 cm³/mol. The Hall–Kier alpha value is -2.49. The quantitative estimate of drug-likeness (QED) is 0.748. The van der Waals surface area contributed by atoms with Crippen molar-refractivity contribution < 1.29 is 0 Å². The summed E-state index contributed by atoms with van der Waals surface area (Å²) in [6.07, 6.45) is 3.75. The maximum atomic E-state index is 4.18. The van der Waals surface area contributed by atoms with Crippen LogP contribution in [0.1, 0.15) is 22.7 Å². The zero-order chi connectivity index (χ0) is 16.9. The first-order valence-corrected chi connectivity index (χ1v) is 8.86. The Morgan fingerprint density at radius 1 is 0.880 bits per heavy atom. The number of aromatic nitrogens is 1. The van der Waals surface area contributed by atoms with Gasteiger partial charge in [0.25, 0.3) is 0 Å². The zero-order valence-electron chi connectivity index (χ0n) is 14.3. The molecule has 0 unspecified atom stereocenters. The van der Waals surface area contributed by atoms with E-state index in [0.29, 0.717) is 12.1 Å². The third-order valence-electron chi connectivity index (χ3n) is 4.82. The lowest BCUT2D eigenvalue weighted by atomic mass is 9.93. The van der Waals surface area contributed by atoms with Gasteiger partial charge in [0.2, 0.25) is 0 Å². The number of nitrogens with zero attached hydrogens (tertiary/aromatic N) is 2. The molecule has 0 atom stereocenters. The maximum absolute atomic E-state index is 4.18. The van der Waals surface area contributed by atoms with E-state index in [-0.39, 0.29) is 0 Å². The first kappa shape index (κ1) is 16.0. The molecule has 1 fully saturated rings. The summed E-state index contributed by atoms with van der Waals surface area (Å²) in [6.45, 7) is 3.01. The Morgan fingerprint density at radius 2 is 1.52 bits per heavy atom. The highest BCUT2D eigenvalue weighted by Gasteiger charge is 2.33. The lowest BCUT2D eigenvalue weighted by Gasteiger charge is -2.45. The molecule has 25 heavy (non-hydrogen) atoms. The molecule has 3 nitrogen and oxygen atoms in total. The molecule has 2 aromatic carbocycles. The van der Waals surface area contributed by atoms with Crippen LogP contribution >= 0.6 is 0 Å². The summed E-state index contributed by atoms with van der Waals surface area (Å²) < 4.78 is 0. The summed E-state index contributed by atoms with van der Waals surface area (Å²) in [6, 6.07) is 26.6. The van der Waals surface area contributed by atoms with Gasteiger partial charge in [0, 0.05) is 38.1 Å². The number of rotatable bonds is 6. The van der Waals surface area contributed by atoms with Gasteiger partial charge < -0.3 is 5.32 Å². The predicted octanol–water partition coefficient (Wildman–Crippen LogP) is 3.65. The fraction of sp³-hybridized carbons (Fsp3) is 0.227. The van der Waals surface area contributed by atoms with Gasteiger partial charge in [-0.25, -0.2) is 0 Å². The van der Waals surface area contributed by atoms with E-state index in [1.54, 1.807) is 0 Å². The van der Waals surface area contributed by atoms with Crippen molar-refractivity contribution in [2.75, 3.05) is 13.1 Å². The maximum Gasteiger partial charge on any atom is 0.0602 e. The third-order valence-corrected chi connectivity index (χ3v) is 4.82. The van der Waals surface area contributed by atoms with Crippen LogP contribution in [0.2, 0.25) is 0 Å². The Labute approximate surface area is 149 Å². The van der Waals surface area contributed by atoms with E-state index in [4.69, 9.17) is 0 Å². The van der Waals surface area contributed by atoms with Gasteiger partial charge in [-0.3, -0.25) is 9.88 Å². The molecular weight excluding hydrogens is 306 g/mol. The molecule has 126 valence electrons. The molecule has 3 aromatic rings. The molecular formula is C22H23N3. The van der Waals surface area contributed by atoms with E-state index in [1.165, 1.54) is 16.7 Å². The molecule has 4 rings (SSSR count). The van der Waals surface area contributed by atoms with Crippen LogP contribution in [-0.4, -0.2) is 29.0 Å².